The van der Waals surface area contributed by atoms with E-state index in [-0.39, 0.29) is 11.8 Å². The van der Waals surface area contributed by atoms with E-state index in [0.717, 1.165) is 6.54 Å². The number of rotatable bonds is 6. The second-order valence-electron chi connectivity index (χ2n) is 3.49. The minimum Gasteiger partial charge on any atom is -0.315 e. The second-order valence-corrected chi connectivity index (χ2v) is 7.40. The maximum Gasteiger partial charge on any atom is 0.215 e. The number of sulfonamides is 1. The summed E-state index contributed by atoms with van der Waals surface area (Å²) in [4.78, 5) is 0. The molecule has 0 aromatic heterocycles. The van der Waals surface area contributed by atoms with Crippen molar-refractivity contribution in [3.8, 4) is 0 Å². The lowest BCUT2D eigenvalue weighted by molar-refractivity contribution is 0.570. The topological polar surface area (TPSA) is 75.3 Å². The summed E-state index contributed by atoms with van der Waals surface area (Å²) in [6.07, 6.45) is 0.659. The summed E-state index contributed by atoms with van der Waals surface area (Å²) in [5, 5.41) is 2.68. The fraction of sp³-hybridized carbons (Fsp3) is 1.00. The zero-order valence-electron chi connectivity index (χ0n) is 8.86. The summed E-state index contributed by atoms with van der Waals surface area (Å²) in [6.45, 7) is 3.38. The van der Waals surface area contributed by atoms with Crippen LogP contribution in [0, 0.1) is 0 Å². The Morgan fingerprint density at radius 2 is 2.27 bits per heavy atom. The molecule has 1 heterocycles. The van der Waals surface area contributed by atoms with E-state index in [1.165, 1.54) is 0 Å². The van der Waals surface area contributed by atoms with Crippen LogP contribution in [-0.2, 0) is 20.8 Å². The number of hydrogen-bond donors (Lipinski definition) is 2. The van der Waals surface area contributed by atoms with Gasteiger partial charge in [0.25, 0.3) is 0 Å². The first-order chi connectivity index (χ1) is 7.06. The van der Waals surface area contributed by atoms with Gasteiger partial charge in [-0.1, -0.05) is 6.92 Å². The van der Waals surface area contributed by atoms with E-state index >= 15 is 0 Å². The molecule has 2 atom stereocenters. The van der Waals surface area contributed by atoms with Crippen LogP contribution < -0.4 is 10.0 Å². The Labute approximate surface area is 93.5 Å². The van der Waals surface area contributed by atoms with Gasteiger partial charge in [0, 0.05) is 35.4 Å². The Morgan fingerprint density at radius 3 is 2.80 bits per heavy atom. The lowest BCUT2D eigenvalue weighted by Crippen LogP contribution is -2.37. The lowest BCUT2D eigenvalue weighted by atomic mass is 10.4. The maximum absolute atomic E-state index is 11.7. The van der Waals surface area contributed by atoms with Gasteiger partial charge in [0.15, 0.2) is 0 Å². The summed E-state index contributed by atoms with van der Waals surface area (Å²) in [5.74, 6) is 0.975. The second kappa shape index (κ2) is 5.93. The van der Waals surface area contributed by atoms with Crippen molar-refractivity contribution in [3.63, 3.8) is 0 Å². The van der Waals surface area contributed by atoms with E-state index in [1.54, 1.807) is 0 Å². The van der Waals surface area contributed by atoms with E-state index in [0.29, 0.717) is 24.5 Å². The van der Waals surface area contributed by atoms with Gasteiger partial charge in [-0.25, -0.2) is 13.1 Å². The van der Waals surface area contributed by atoms with Crippen LogP contribution in [0.25, 0.3) is 0 Å². The normalized spacial score (nSPS) is 24.2. The van der Waals surface area contributed by atoms with Crippen molar-refractivity contribution in [2.24, 2.45) is 0 Å². The third-order valence-electron chi connectivity index (χ3n) is 2.41. The first-order valence-electron chi connectivity index (χ1n) is 5.10. The van der Waals surface area contributed by atoms with Gasteiger partial charge in [-0.2, -0.15) is 0 Å². The first-order valence-corrected chi connectivity index (χ1v) is 8.14. The molecule has 1 rings (SSSR count). The fourth-order valence-electron chi connectivity index (χ4n) is 1.45. The van der Waals surface area contributed by atoms with Crippen LogP contribution in [0.15, 0.2) is 0 Å². The Kier molecular flexibility index (Phi) is 5.17. The molecule has 1 aliphatic heterocycles. The zero-order chi connectivity index (χ0) is 11.3. The summed E-state index contributed by atoms with van der Waals surface area (Å²) in [7, 11) is -4.12. The predicted octanol–water partition coefficient (Wildman–Crippen LogP) is -0.964. The van der Waals surface area contributed by atoms with Gasteiger partial charge in [0.05, 0.1) is 5.25 Å². The zero-order valence-corrected chi connectivity index (χ0v) is 10.5. The van der Waals surface area contributed by atoms with Crippen molar-refractivity contribution in [1.29, 1.82) is 0 Å². The Morgan fingerprint density at radius 1 is 1.53 bits per heavy atom. The molecular formula is C8H18N2O3S2. The predicted molar refractivity (Wildman–Crippen MR) is 61.7 cm³/mol. The molecule has 15 heavy (non-hydrogen) atoms. The third kappa shape index (κ3) is 4.18. The summed E-state index contributed by atoms with van der Waals surface area (Å²) in [5.41, 5.74) is 0. The summed E-state index contributed by atoms with van der Waals surface area (Å²) >= 11 is 0. The van der Waals surface area contributed by atoms with Crippen LogP contribution in [0.5, 0.6) is 0 Å². The van der Waals surface area contributed by atoms with Gasteiger partial charge in [-0.05, 0) is 13.0 Å². The van der Waals surface area contributed by atoms with Crippen molar-refractivity contribution < 1.29 is 12.6 Å². The molecule has 5 nitrogen and oxygen atoms in total. The molecule has 90 valence electrons. The van der Waals surface area contributed by atoms with Gasteiger partial charge in [-0.15, -0.1) is 0 Å². The van der Waals surface area contributed by atoms with Crippen LogP contribution in [0.2, 0.25) is 0 Å². The van der Waals surface area contributed by atoms with Gasteiger partial charge in [0.1, 0.15) is 0 Å². The summed E-state index contributed by atoms with van der Waals surface area (Å²) < 4.78 is 36.9. The fourth-order valence-corrected chi connectivity index (χ4v) is 3.59. The monoisotopic (exact) mass is 254 g/mol. The average molecular weight is 254 g/mol. The Hall–Kier alpha value is 0.0200. The maximum atomic E-state index is 11.7. The number of nitrogens with one attached hydrogen (secondary N) is 2. The third-order valence-corrected chi connectivity index (χ3v) is 5.60. The molecule has 7 heteroatoms. The molecule has 2 unspecified atom stereocenters. The average Bonchev–Trinajstić information content (AvgIpc) is 2.70. The van der Waals surface area contributed by atoms with Gasteiger partial charge in [-0.3, -0.25) is 4.21 Å². The van der Waals surface area contributed by atoms with E-state index in [2.05, 4.69) is 10.0 Å². The quantitative estimate of drug-likeness (QED) is 0.640. The van der Waals surface area contributed by atoms with Crippen LogP contribution in [0.1, 0.15) is 13.3 Å². The van der Waals surface area contributed by atoms with Gasteiger partial charge >= 0.3 is 0 Å². The number of hydrogen-bond acceptors (Lipinski definition) is 4. The molecule has 0 aromatic rings. The van der Waals surface area contributed by atoms with Crippen molar-refractivity contribution in [2.45, 2.75) is 18.6 Å². The molecule has 0 amide bonds. The molecule has 1 aliphatic rings. The van der Waals surface area contributed by atoms with Crippen molar-refractivity contribution in [2.75, 3.05) is 31.1 Å². The standard InChI is InChI=1S/C8H18N2O3S2/c1-2-14(11)6-5-10-15(12,13)8-3-4-9-7-8/h8-10H,2-7H2,1H3. The molecule has 1 saturated heterocycles. The molecule has 0 aromatic carbocycles. The first kappa shape index (κ1) is 13.1. The highest BCUT2D eigenvalue weighted by molar-refractivity contribution is 7.90. The smallest absolute Gasteiger partial charge is 0.215 e. The van der Waals surface area contributed by atoms with Crippen molar-refractivity contribution in [3.05, 3.63) is 0 Å². The van der Waals surface area contributed by atoms with E-state index < -0.39 is 20.8 Å². The van der Waals surface area contributed by atoms with E-state index in [9.17, 15) is 12.6 Å². The molecule has 0 bridgehead atoms. The molecule has 0 saturated carbocycles. The highest BCUT2D eigenvalue weighted by Gasteiger charge is 2.27. The van der Waals surface area contributed by atoms with E-state index in [4.69, 9.17) is 0 Å². The molecule has 2 N–H and O–H groups in total. The molecule has 1 fully saturated rings. The summed E-state index contributed by atoms with van der Waals surface area (Å²) in [6, 6.07) is 0. The Bertz CT molecular complexity index is 310. The SMILES string of the molecule is CCS(=O)CCNS(=O)(=O)C1CCNC1. The van der Waals surface area contributed by atoms with Gasteiger partial charge < -0.3 is 5.32 Å². The molecule has 0 spiro atoms. The minimum atomic E-state index is -3.21. The van der Waals surface area contributed by atoms with Crippen LogP contribution in [0.3, 0.4) is 0 Å². The van der Waals surface area contributed by atoms with E-state index in [1.807, 2.05) is 6.92 Å². The largest absolute Gasteiger partial charge is 0.315 e. The molecule has 0 aliphatic carbocycles. The Balaban J connectivity index is 2.33. The minimum absolute atomic E-state index is 0.277. The highest BCUT2D eigenvalue weighted by Crippen LogP contribution is 2.07. The molecule has 0 radical (unpaired) electrons. The lowest BCUT2D eigenvalue weighted by Gasteiger charge is -2.11. The van der Waals surface area contributed by atoms with Crippen LogP contribution in [0.4, 0.5) is 0 Å². The van der Waals surface area contributed by atoms with Crippen molar-refractivity contribution >= 4 is 20.8 Å². The van der Waals surface area contributed by atoms with Gasteiger partial charge in [0.2, 0.25) is 10.0 Å². The van der Waals surface area contributed by atoms with Crippen molar-refractivity contribution in [1.82, 2.24) is 10.0 Å². The molecular weight excluding hydrogens is 236 g/mol. The van der Waals surface area contributed by atoms with Crippen LogP contribution in [-0.4, -0.2) is 49.0 Å². The van der Waals surface area contributed by atoms with Crippen LogP contribution >= 0.6 is 0 Å². The highest BCUT2D eigenvalue weighted by atomic mass is 32.2.